The SMILES string of the molecule is O=C(N[C@@H](Cc1coc2ccccc12)B(O)O)C(=O)N1CCC2(CCOCC2)C1. The van der Waals surface area contributed by atoms with Gasteiger partial charge >= 0.3 is 18.9 Å². The van der Waals surface area contributed by atoms with Gasteiger partial charge in [-0.2, -0.15) is 0 Å². The zero-order valence-electron chi connectivity index (χ0n) is 16.2. The van der Waals surface area contributed by atoms with Gasteiger partial charge in [0.25, 0.3) is 0 Å². The Balaban J connectivity index is 1.40. The Labute approximate surface area is 169 Å². The predicted molar refractivity (Wildman–Crippen MR) is 106 cm³/mol. The lowest BCUT2D eigenvalue weighted by Gasteiger charge is -2.33. The van der Waals surface area contributed by atoms with Crippen molar-refractivity contribution in [3.63, 3.8) is 0 Å². The van der Waals surface area contributed by atoms with E-state index in [-0.39, 0.29) is 11.8 Å². The van der Waals surface area contributed by atoms with E-state index < -0.39 is 24.9 Å². The summed E-state index contributed by atoms with van der Waals surface area (Å²) in [6.07, 6.45) is 4.31. The number of likely N-dealkylation sites (tertiary alicyclic amines) is 1. The second-order valence-electron chi connectivity index (χ2n) is 8.04. The van der Waals surface area contributed by atoms with Crippen LogP contribution in [0.4, 0.5) is 0 Å². The molecule has 154 valence electrons. The molecule has 1 aromatic heterocycles. The summed E-state index contributed by atoms with van der Waals surface area (Å²) in [7, 11) is -1.80. The van der Waals surface area contributed by atoms with Crippen molar-refractivity contribution in [1.29, 1.82) is 0 Å². The Morgan fingerprint density at radius 1 is 1.21 bits per heavy atom. The van der Waals surface area contributed by atoms with Gasteiger partial charge in [-0.05, 0) is 42.7 Å². The Bertz CT molecular complexity index is 892. The second-order valence-corrected chi connectivity index (χ2v) is 8.04. The number of fused-ring (bicyclic) bond motifs is 1. The molecule has 0 bridgehead atoms. The number of nitrogens with one attached hydrogen (secondary N) is 1. The summed E-state index contributed by atoms with van der Waals surface area (Å²) < 4.78 is 10.9. The molecule has 0 unspecified atom stereocenters. The first kappa shape index (κ1) is 19.9. The number of benzene rings is 1. The lowest BCUT2D eigenvalue weighted by atomic mass is 9.76. The van der Waals surface area contributed by atoms with Gasteiger partial charge in [0.05, 0.1) is 12.2 Å². The molecule has 1 aromatic carbocycles. The number of hydrogen-bond acceptors (Lipinski definition) is 6. The zero-order chi connectivity index (χ0) is 20.4. The van der Waals surface area contributed by atoms with Crippen LogP contribution in [0.15, 0.2) is 34.9 Å². The molecular weight excluding hydrogens is 375 g/mol. The fourth-order valence-electron chi connectivity index (χ4n) is 4.35. The van der Waals surface area contributed by atoms with E-state index in [0.29, 0.717) is 31.9 Å². The summed E-state index contributed by atoms with van der Waals surface area (Å²) in [5, 5.41) is 22.8. The predicted octanol–water partition coefficient (Wildman–Crippen LogP) is 0.501. The molecule has 8 nitrogen and oxygen atoms in total. The fourth-order valence-corrected chi connectivity index (χ4v) is 4.35. The van der Waals surface area contributed by atoms with Crippen molar-refractivity contribution in [2.24, 2.45) is 5.41 Å². The molecule has 9 heteroatoms. The Hall–Kier alpha value is -2.36. The van der Waals surface area contributed by atoms with Gasteiger partial charge in [0.1, 0.15) is 5.58 Å². The smallest absolute Gasteiger partial charge is 0.464 e. The molecule has 2 amide bonds. The molecule has 2 aliphatic rings. The molecule has 2 aliphatic heterocycles. The topological polar surface area (TPSA) is 112 Å². The van der Waals surface area contributed by atoms with E-state index in [1.165, 1.54) is 6.26 Å². The van der Waals surface area contributed by atoms with Crippen LogP contribution in [-0.2, 0) is 20.7 Å². The van der Waals surface area contributed by atoms with Gasteiger partial charge in [0, 0.05) is 31.7 Å². The molecule has 2 saturated heterocycles. The average Bonchev–Trinajstić information content (AvgIpc) is 3.32. The number of hydrogen-bond donors (Lipinski definition) is 3. The van der Waals surface area contributed by atoms with Crippen LogP contribution in [0.5, 0.6) is 0 Å². The summed E-state index contributed by atoms with van der Waals surface area (Å²) in [5.74, 6) is -2.47. The van der Waals surface area contributed by atoms with Crippen molar-refractivity contribution in [3.8, 4) is 0 Å². The maximum atomic E-state index is 12.6. The summed E-state index contributed by atoms with van der Waals surface area (Å²) in [5.41, 5.74) is 1.45. The maximum Gasteiger partial charge on any atom is 0.475 e. The van der Waals surface area contributed by atoms with Crippen molar-refractivity contribution in [3.05, 3.63) is 36.1 Å². The van der Waals surface area contributed by atoms with E-state index in [9.17, 15) is 19.6 Å². The molecule has 3 heterocycles. The highest BCUT2D eigenvalue weighted by molar-refractivity contribution is 6.45. The van der Waals surface area contributed by atoms with Crippen LogP contribution in [0.3, 0.4) is 0 Å². The molecule has 0 radical (unpaired) electrons. The van der Waals surface area contributed by atoms with Crippen LogP contribution in [-0.4, -0.2) is 66.1 Å². The molecule has 0 saturated carbocycles. The van der Waals surface area contributed by atoms with E-state index in [4.69, 9.17) is 9.15 Å². The van der Waals surface area contributed by atoms with Crippen LogP contribution >= 0.6 is 0 Å². The molecule has 4 rings (SSSR count). The minimum Gasteiger partial charge on any atom is -0.464 e. The van der Waals surface area contributed by atoms with Gasteiger partial charge < -0.3 is 29.4 Å². The van der Waals surface area contributed by atoms with E-state index in [1.807, 2.05) is 24.3 Å². The third-order valence-corrected chi connectivity index (χ3v) is 6.15. The van der Waals surface area contributed by atoms with Crippen molar-refractivity contribution in [2.75, 3.05) is 26.3 Å². The van der Waals surface area contributed by atoms with Crippen molar-refractivity contribution < 1.29 is 28.8 Å². The average molecular weight is 400 g/mol. The first-order chi connectivity index (χ1) is 14.0. The number of amides is 2. The maximum absolute atomic E-state index is 12.6. The summed E-state index contributed by atoms with van der Waals surface area (Å²) >= 11 is 0. The second kappa shape index (κ2) is 8.18. The highest BCUT2D eigenvalue weighted by Crippen LogP contribution is 2.39. The summed E-state index contributed by atoms with van der Waals surface area (Å²) in [4.78, 5) is 26.7. The Morgan fingerprint density at radius 2 is 1.97 bits per heavy atom. The lowest BCUT2D eigenvalue weighted by molar-refractivity contribution is -0.145. The zero-order valence-corrected chi connectivity index (χ0v) is 16.2. The van der Waals surface area contributed by atoms with Crippen LogP contribution in [0.2, 0.25) is 0 Å². The molecule has 1 spiro atoms. The molecule has 0 aliphatic carbocycles. The molecule has 2 aromatic rings. The van der Waals surface area contributed by atoms with Crippen LogP contribution in [0.1, 0.15) is 24.8 Å². The summed E-state index contributed by atoms with van der Waals surface area (Å²) in [6.45, 7) is 2.45. The minimum atomic E-state index is -1.80. The van der Waals surface area contributed by atoms with E-state index >= 15 is 0 Å². The highest BCUT2D eigenvalue weighted by atomic mass is 16.5. The van der Waals surface area contributed by atoms with E-state index in [1.54, 1.807) is 4.90 Å². The monoisotopic (exact) mass is 400 g/mol. The number of carbonyl (C=O) groups excluding carboxylic acids is 2. The van der Waals surface area contributed by atoms with Crippen LogP contribution in [0, 0.1) is 5.41 Å². The van der Waals surface area contributed by atoms with E-state index in [0.717, 1.165) is 30.2 Å². The van der Waals surface area contributed by atoms with Gasteiger partial charge in [-0.1, -0.05) is 18.2 Å². The van der Waals surface area contributed by atoms with Gasteiger partial charge in [0.15, 0.2) is 0 Å². The fraction of sp³-hybridized carbons (Fsp3) is 0.500. The van der Waals surface area contributed by atoms with Gasteiger partial charge in [-0.15, -0.1) is 0 Å². The lowest BCUT2D eigenvalue weighted by Crippen LogP contribution is -2.52. The summed E-state index contributed by atoms with van der Waals surface area (Å²) in [6, 6.07) is 7.37. The number of rotatable bonds is 4. The number of carbonyl (C=O) groups is 2. The number of nitrogens with zero attached hydrogens (tertiary/aromatic N) is 1. The Morgan fingerprint density at radius 3 is 2.72 bits per heavy atom. The minimum absolute atomic E-state index is 0.0415. The normalized spacial score (nSPS) is 19.4. The first-order valence-corrected chi connectivity index (χ1v) is 9.96. The van der Waals surface area contributed by atoms with E-state index in [2.05, 4.69) is 5.32 Å². The van der Waals surface area contributed by atoms with Crippen molar-refractivity contribution in [1.82, 2.24) is 10.2 Å². The molecular formula is C20H25BN2O6. The number of furan rings is 1. The molecule has 29 heavy (non-hydrogen) atoms. The number of para-hydroxylation sites is 1. The van der Waals surface area contributed by atoms with Gasteiger partial charge in [-0.3, -0.25) is 9.59 Å². The van der Waals surface area contributed by atoms with Gasteiger partial charge in [-0.25, -0.2) is 0 Å². The van der Waals surface area contributed by atoms with Gasteiger partial charge in [0.2, 0.25) is 0 Å². The third-order valence-electron chi connectivity index (χ3n) is 6.15. The molecule has 2 fully saturated rings. The largest absolute Gasteiger partial charge is 0.475 e. The molecule has 3 N–H and O–H groups in total. The number of ether oxygens (including phenoxy) is 1. The standard InChI is InChI=1S/C20H25BN2O6/c24-18(19(25)23-8-5-20(13-23)6-9-28-10-7-20)22-17(21(26)27)11-14-12-29-16-4-2-1-3-15(14)16/h1-4,12,17,26-27H,5-11,13H2,(H,22,24)/t17-/m0/s1. The van der Waals surface area contributed by atoms with Crippen molar-refractivity contribution in [2.45, 2.75) is 31.6 Å². The van der Waals surface area contributed by atoms with Crippen molar-refractivity contribution >= 4 is 29.9 Å². The van der Waals surface area contributed by atoms with Crippen LogP contribution in [0.25, 0.3) is 11.0 Å². The van der Waals surface area contributed by atoms with Crippen LogP contribution < -0.4 is 5.32 Å². The highest BCUT2D eigenvalue weighted by Gasteiger charge is 2.42. The Kier molecular flexibility index (Phi) is 5.62. The first-order valence-electron chi connectivity index (χ1n) is 9.96. The third kappa shape index (κ3) is 4.17. The molecule has 1 atom stereocenters. The quantitative estimate of drug-likeness (QED) is 0.509.